The number of benzene rings is 2. The first-order valence-electron chi connectivity index (χ1n) is 6.12. The quantitative estimate of drug-likeness (QED) is 0.860. The van der Waals surface area contributed by atoms with Crippen LogP contribution >= 0.6 is 11.6 Å². The van der Waals surface area contributed by atoms with E-state index in [1.54, 1.807) is 30.3 Å². The third-order valence-corrected chi connectivity index (χ3v) is 3.30. The van der Waals surface area contributed by atoms with E-state index in [4.69, 9.17) is 21.4 Å². The molecule has 4 nitrogen and oxygen atoms in total. The molecule has 0 saturated heterocycles. The molecule has 2 aromatic rings. The van der Waals surface area contributed by atoms with E-state index in [1.165, 1.54) is 18.2 Å². The molecular formula is C16H9ClO4. The molecule has 5 heteroatoms. The van der Waals surface area contributed by atoms with Crippen LogP contribution in [0.1, 0.15) is 26.3 Å². The smallest absolute Gasteiger partial charge is 0.335 e. The van der Waals surface area contributed by atoms with Gasteiger partial charge in [0.05, 0.1) is 11.1 Å². The number of ketones is 1. The van der Waals surface area contributed by atoms with Crippen molar-refractivity contribution in [3.05, 3.63) is 69.9 Å². The van der Waals surface area contributed by atoms with E-state index in [0.29, 0.717) is 21.9 Å². The van der Waals surface area contributed by atoms with Gasteiger partial charge in [-0.15, -0.1) is 0 Å². The van der Waals surface area contributed by atoms with Crippen LogP contribution in [-0.4, -0.2) is 16.9 Å². The van der Waals surface area contributed by atoms with E-state index in [2.05, 4.69) is 0 Å². The summed E-state index contributed by atoms with van der Waals surface area (Å²) in [6, 6.07) is 11.1. The molecule has 21 heavy (non-hydrogen) atoms. The zero-order chi connectivity index (χ0) is 15.0. The van der Waals surface area contributed by atoms with Gasteiger partial charge in [-0.25, -0.2) is 4.79 Å². The number of carboxylic acids is 1. The maximum absolute atomic E-state index is 12.2. The molecule has 0 atom stereocenters. The molecule has 0 unspecified atom stereocenters. The zero-order valence-electron chi connectivity index (χ0n) is 10.7. The summed E-state index contributed by atoms with van der Waals surface area (Å²) in [5, 5.41) is 9.42. The van der Waals surface area contributed by atoms with Crippen molar-refractivity contribution in [2.45, 2.75) is 0 Å². The Balaban J connectivity index is 1.98. The molecule has 3 rings (SSSR count). The van der Waals surface area contributed by atoms with Crippen LogP contribution in [0, 0.1) is 0 Å². The number of carboxylic acid groups (broad SMARTS) is 1. The average Bonchev–Trinajstić information content (AvgIpc) is 2.76. The lowest BCUT2D eigenvalue weighted by Crippen LogP contribution is -1.99. The Morgan fingerprint density at radius 2 is 2.00 bits per heavy atom. The Hall–Kier alpha value is -2.59. The van der Waals surface area contributed by atoms with Crippen LogP contribution in [-0.2, 0) is 0 Å². The minimum absolute atomic E-state index is 0.148. The van der Waals surface area contributed by atoms with Crippen molar-refractivity contribution in [3.63, 3.8) is 0 Å². The molecular weight excluding hydrogens is 292 g/mol. The molecule has 104 valence electrons. The minimum atomic E-state index is -1.02. The summed E-state index contributed by atoms with van der Waals surface area (Å²) in [4.78, 5) is 23.1. The van der Waals surface area contributed by atoms with Crippen molar-refractivity contribution in [2.75, 3.05) is 0 Å². The maximum atomic E-state index is 12.2. The predicted molar refractivity (Wildman–Crippen MR) is 77.8 cm³/mol. The summed E-state index contributed by atoms with van der Waals surface area (Å²) < 4.78 is 5.48. The summed E-state index contributed by atoms with van der Waals surface area (Å²) in [7, 11) is 0. The second-order valence-corrected chi connectivity index (χ2v) is 4.95. The number of Topliss-reactive ketones (excluding diaryl/α,β-unsaturated/α-hetero) is 1. The number of fused-ring (bicyclic) bond motifs is 1. The Morgan fingerprint density at radius 1 is 1.19 bits per heavy atom. The van der Waals surface area contributed by atoms with E-state index in [-0.39, 0.29) is 17.1 Å². The van der Waals surface area contributed by atoms with Gasteiger partial charge in [0.2, 0.25) is 5.78 Å². The third-order valence-electron chi connectivity index (χ3n) is 3.06. The molecule has 1 aliphatic rings. The van der Waals surface area contributed by atoms with Crippen LogP contribution in [0.15, 0.2) is 48.2 Å². The summed E-state index contributed by atoms with van der Waals surface area (Å²) >= 11 is 5.86. The van der Waals surface area contributed by atoms with Gasteiger partial charge in [0.25, 0.3) is 0 Å². The molecule has 0 amide bonds. The number of hydrogen-bond acceptors (Lipinski definition) is 3. The van der Waals surface area contributed by atoms with Crippen LogP contribution in [0.5, 0.6) is 5.75 Å². The highest BCUT2D eigenvalue weighted by atomic mass is 35.5. The van der Waals surface area contributed by atoms with Crippen molar-refractivity contribution >= 4 is 29.4 Å². The van der Waals surface area contributed by atoms with Crippen molar-refractivity contribution in [1.82, 2.24) is 0 Å². The number of carbonyl (C=O) groups is 2. The summed E-state index contributed by atoms with van der Waals surface area (Å²) in [6.45, 7) is 0. The molecule has 0 spiro atoms. The fourth-order valence-electron chi connectivity index (χ4n) is 2.07. The molecule has 0 aliphatic carbocycles. The van der Waals surface area contributed by atoms with Gasteiger partial charge in [0, 0.05) is 5.02 Å². The monoisotopic (exact) mass is 300 g/mol. The van der Waals surface area contributed by atoms with E-state index in [9.17, 15) is 9.59 Å². The van der Waals surface area contributed by atoms with Gasteiger partial charge in [-0.05, 0) is 42.0 Å². The molecule has 1 heterocycles. The molecule has 0 radical (unpaired) electrons. The maximum Gasteiger partial charge on any atom is 0.335 e. The van der Waals surface area contributed by atoms with E-state index in [0.717, 1.165) is 0 Å². The lowest BCUT2D eigenvalue weighted by molar-refractivity contribution is 0.0696. The lowest BCUT2D eigenvalue weighted by Gasteiger charge is -2.00. The Labute approximate surface area is 125 Å². The lowest BCUT2D eigenvalue weighted by atomic mass is 10.1. The molecule has 0 bridgehead atoms. The second-order valence-electron chi connectivity index (χ2n) is 4.51. The second kappa shape index (κ2) is 5.07. The topological polar surface area (TPSA) is 63.6 Å². The SMILES string of the molecule is O=C(O)c1cccc(/C=C2\Oc3ccc(Cl)cc3C2=O)c1. The number of rotatable bonds is 2. The van der Waals surface area contributed by atoms with Gasteiger partial charge >= 0.3 is 5.97 Å². The predicted octanol–water partition coefficient (Wildman–Crippen LogP) is 3.65. The fraction of sp³-hybridized carbons (Fsp3) is 0. The van der Waals surface area contributed by atoms with Crippen LogP contribution in [0.25, 0.3) is 6.08 Å². The standard InChI is InChI=1S/C16H9ClO4/c17-11-4-5-13-12(8-11)15(18)14(21-13)7-9-2-1-3-10(6-9)16(19)20/h1-8H,(H,19,20)/b14-7-. The highest BCUT2D eigenvalue weighted by Gasteiger charge is 2.27. The number of allylic oxidation sites excluding steroid dienone is 1. The van der Waals surface area contributed by atoms with E-state index >= 15 is 0 Å². The first-order valence-corrected chi connectivity index (χ1v) is 6.49. The number of carbonyl (C=O) groups excluding carboxylic acids is 1. The Bertz CT molecular complexity index is 793. The van der Waals surface area contributed by atoms with Gasteiger partial charge in [0.1, 0.15) is 5.75 Å². The van der Waals surface area contributed by atoms with Crippen molar-refractivity contribution in [3.8, 4) is 5.75 Å². The summed E-state index contributed by atoms with van der Waals surface area (Å²) in [6.07, 6.45) is 1.52. The highest BCUT2D eigenvalue weighted by Crippen LogP contribution is 2.33. The summed E-state index contributed by atoms with van der Waals surface area (Å²) in [5.41, 5.74) is 1.13. The van der Waals surface area contributed by atoms with E-state index in [1.807, 2.05) is 0 Å². The third kappa shape index (κ3) is 2.53. The molecule has 0 aromatic heterocycles. The van der Waals surface area contributed by atoms with Crippen LogP contribution in [0.3, 0.4) is 0 Å². The van der Waals surface area contributed by atoms with Crippen molar-refractivity contribution in [1.29, 1.82) is 0 Å². The number of hydrogen-bond donors (Lipinski definition) is 1. The molecule has 0 saturated carbocycles. The first-order chi connectivity index (χ1) is 10.0. The molecule has 2 aromatic carbocycles. The zero-order valence-corrected chi connectivity index (χ0v) is 11.4. The van der Waals surface area contributed by atoms with Crippen LogP contribution in [0.2, 0.25) is 5.02 Å². The van der Waals surface area contributed by atoms with E-state index < -0.39 is 5.97 Å². The molecule has 0 fully saturated rings. The largest absolute Gasteiger partial charge is 0.478 e. The van der Waals surface area contributed by atoms with Gasteiger partial charge < -0.3 is 9.84 Å². The molecule has 1 N–H and O–H groups in total. The number of ether oxygens (including phenoxy) is 1. The Morgan fingerprint density at radius 3 is 2.76 bits per heavy atom. The molecule has 1 aliphatic heterocycles. The highest BCUT2D eigenvalue weighted by molar-refractivity contribution is 6.31. The number of aromatic carboxylic acids is 1. The van der Waals surface area contributed by atoms with Gasteiger partial charge in [-0.1, -0.05) is 23.7 Å². The normalized spacial score (nSPS) is 14.9. The Kier molecular flexibility index (Phi) is 3.23. The first kappa shape index (κ1) is 13.4. The van der Waals surface area contributed by atoms with Crippen LogP contribution < -0.4 is 4.74 Å². The van der Waals surface area contributed by atoms with Crippen molar-refractivity contribution in [2.24, 2.45) is 0 Å². The van der Waals surface area contributed by atoms with Crippen LogP contribution in [0.4, 0.5) is 0 Å². The van der Waals surface area contributed by atoms with Gasteiger partial charge in [0.15, 0.2) is 5.76 Å². The summed E-state index contributed by atoms with van der Waals surface area (Å²) in [5.74, 6) is -0.697. The van der Waals surface area contributed by atoms with Gasteiger partial charge in [-0.2, -0.15) is 0 Å². The van der Waals surface area contributed by atoms with Crippen molar-refractivity contribution < 1.29 is 19.4 Å². The van der Waals surface area contributed by atoms with Gasteiger partial charge in [-0.3, -0.25) is 4.79 Å². The number of halogens is 1. The average molecular weight is 301 g/mol. The fourth-order valence-corrected chi connectivity index (χ4v) is 2.25. The minimum Gasteiger partial charge on any atom is -0.478 e.